The monoisotopic (exact) mass is 288 g/mol. The summed E-state index contributed by atoms with van der Waals surface area (Å²) < 4.78 is 1.78. The van der Waals surface area contributed by atoms with Crippen molar-refractivity contribution in [1.29, 1.82) is 0 Å². The molecule has 1 aliphatic rings. The van der Waals surface area contributed by atoms with E-state index in [-0.39, 0.29) is 0 Å². The van der Waals surface area contributed by atoms with Crippen molar-refractivity contribution in [2.24, 2.45) is 0 Å². The van der Waals surface area contributed by atoms with Crippen molar-refractivity contribution in [1.82, 2.24) is 24.7 Å². The van der Waals surface area contributed by atoms with E-state index < -0.39 is 0 Å². The van der Waals surface area contributed by atoms with Gasteiger partial charge in [-0.3, -0.25) is 0 Å². The molecule has 6 heteroatoms. The number of hydrogen-bond donors (Lipinski definition) is 1. The van der Waals surface area contributed by atoms with Crippen LogP contribution in [0, 0.1) is 0 Å². The molecule has 0 unspecified atom stereocenters. The SMILES string of the molecule is CC(C)c1cc(N[C@@H]2CCC[C@H]2N(C)C)c2nncn2n1. The summed E-state index contributed by atoms with van der Waals surface area (Å²) in [4.78, 5) is 2.32. The Balaban J connectivity index is 1.94. The summed E-state index contributed by atoms with van der Waals surface area (Å²) in [5, 5.41) is 16.5. The second kappa shape index (κ2) is 5.60. The number of anilines is 1. The molecule has 0 aliphatic heterocycles. The molecule has 2 atom stereocenters. The lowest BCUT2D eigenvalue weighted by molar-refractivity contribution is 0.285. The van der Waals surface area contributed by atoms with E-state index in [4.69, 9.17) is 0 Å². The third-order valence-corrected chi connectivity index (χ3v) is 4.36. The van der Waals surface area contributed by atoms with E-state index in [0.29, 0.717) is 18.0 Å². The van der Waals surface area contributed by atoms with Crippen LogP contribution in [0.15, 0.2) is 12.4 Å². The van der Waals surface area contributed by atoms with Crippen LogP contribution < -0.4 is 5.32 Å². The number of fused-ring (bicyclic) bond motifs is 1. The molecule has 0 amide bonds. The minimum Gasteiger partial charge on any atom is -0.378 e. The molecule has 114 valence electrons. The first-order valence-corrected chi connectivity index (χ1v) is 7.70. The van der Waals surface area contributed by atoms with Gasteiger partial charge >= 0.3 is 0 Å². The molecule has 0 saturated heterocycles. The average Bonchev–Trinajstić information content (AvgIpc) is 3.06. The van der Waals surface area contributed by atoms with E-state index in [1.54, 1.807) is 10.8 Å². The summed E-state index contributed by atoms with van der Waals surface area (Å²) in [6.45, 7) is 4.31. The lowest BCUT2D eigenvalue weighted by Gasteiger charge is -2.27. The Morgan fingerprint density at radius 3 is 2.86 bits per heavy atom. The molecule has 1 fully saturated rings. The largest absolute Gasteiger partial charge is 0.378 e. The number of hydrogen-bond acceptors (Lipinski definition) is 5. The fourth-order valence-electron chi connectivity index (χ4n) is 3.16. The second-order valence-electron chi connectivity index (χ2n) is 6.45. The molecular weight excluding hydrogens is 264 g/mol. The maximum atomic E-state index is 4.57. The molecule has 1 aliphatic carbocycles. The van der Waals surface area contributed by atoms with Crippen molar-refractivity contribution < 1.29 is 0 Å². The van der Waals surface area contributed by atoms with Gasteiger partial charge in [0.2, 0.25) is 5.65 Å². The summed E-state index contributed by atoms with van der Waals surface area (Å²) in [7, 11) is 4.31. The molecule has 1 saturated carbocycles. The molecule has 0 bridgehead atoms. The van der Waals surface area contributed by atoms with Gasteiger partial charge in [-0.05, 0) is 45.3 Å². The van der Waals surface area contributed by atoms with Crippen LogP contribution in [0.3, 0.4) is 0 Å². The molecule has 2 aromatic heterocycles. The highest BCUT2D eigenvalue weighted by Gasteiger charge is 2.29. The molecule has 21 heavy (non-hydrogen) atoms. The maximum Gasteiger partial charge on any atom is 0.200 e. The maximum absolute atomic E-state index is 4.57. The van der Waals surface area contributed by atoms with E-state index >= 15 is 0 Å². The van der Waals surface area contributed by atoms with Crippen molar-refractivity contribution in [2.45, 2.75) is 51.1 Å². The quantitative estimate of drug-likeness (QED) is 0.934. The topological polar surface area (TPSA) is 58.3 Å². The van der Waals surface area contributed by atoms with Gasteiger partial charge in [0.15, 0.2) is 0 Å². The highest BCUT2D eigenvalue weighted by molar-refractivity contribution is 5.67. The highest BCUT2D eigenvalue weighted by Crippen LogP contribution is 2.28. The van der Waals surface area contributed by atoms with Crippen LogP contribution in [0.25, 0.3) is 5.65 Å². The van der Waals surface area contributed by atoms with Crippen LogP contribution in [0.1, 0.15) is 44.7 Å². The highest BCUT2D eigenvalue weighted by atomic mass is 15.3. The Labute approximate surface area is 125 Å². The zero-order chi connectivity index (χ0) is 15.0. The van der Waals surface area contributed by atoms with Crippen LogP contribution >= 0.6 is 0 Å². The summed E-state index contributed by atoms with van der Waals surface area (Å²) in [6, 6.07) is 3.16. The minimum atomic E-state index is 0.380. The standard InChI is InChI=1S/C15H24N6/c1-10(2)12-8-13(15-18-16-9-21(15)19-12)17-11-6-5-7-14(11)20(3)4/h8-11,14,17H,5-7H2,1-4H3/t11-,14-/m1/s1. The van der Waals surface area contributed by atoms with E-state index in [1.165, 1.54) is 19.3 Å². The molecule has 3 rings (SSSR count). The number of nitrogens with zero attached hydrogens (tertiary/aromatic N) is 5. The van der Waals surface area contributed by atoms with Crippen molar-refractivity contribution in [3.8, 4) is 0 Å². The average molecular weight is 288 g/mol. The van der Waals surface area contributed by atoms with E-state index in [9.17, 15) is 0 Å². The van der Waals surface area contributed by atoms with Gasteiger partial charge in [-0.2, -0.15) is 9.61 Å². The molecule has 0 aromatic carbocycles. The molecule has 0 radical (unpaired) electrons. The van der Waals surface area contributed by atoms with Crippen LogP contribution in [0.2, 0.25) is 0 Å². The molecular formula is C15H24N6. The van der Waals surface area contributed by atoms with Gasteiger partial charge in [-0.1, -0.05) is 13.8 Å². The lowest BCUT2D eigenvalue weighted by atomic mass is 10.1. The lowest BCUT2D eigenvalue weighted by Crippen LogP contribution is -2.39. The smallest absolute Gasteiger partial charge is 0.200 e. The number of aromatic nitrogens is 4. The molecule has 2 aromatic rings. The van der Waals surface area contributed by atoms with Gasteiger partial charge in [0.05, 0.1) is 11.4 Å². The Kier molecular flexibility index (Phi) is 3.80. The van der Waals surface area contributed by atoms with Gasteiger partial charge in [-0.25, -0.2) is 0 Å². The Bertz CT molecular complexity index is 618. The van der Waals surface area contributed by atoms with Gasteiger partial charge in [0.25, 0.3) is 0 Å². The third kappa shape index (κ3) is 2.72. The van der Waals surface area contributed by atoms with E-state index in [2.05, 4.69) is 59.5 Å². The second-order valence-corrected chi connectivity index (χ2v) is 6.45. The molecule has 6 nitrogen and oxygen atoms in total. The van der Waals surface area contributed by atoms with Crippen molar-refractivity contribution in [2.75, 3.05) is 19.4 Å². The van der Waals surface area contributed by atoms with Crippen molar-refractivity contribution >= 4 is 11.3 Å². The van der Waals surface area contributed by atoms with E-state index in [0.717, 1.165) is 17.0 Å². The number of rotatable bonds is 4. The van der Waals surface area contributed by atoms with Gasteiger partial charge in [0.1, 0.15) is 6.33 Å². The Morgan fingerprint density at radius 1 is 1.33 bits per heavy atom. The third-order valence-electron chi connectivity index (χ3n) is 4.36. The van der Waals surface area contributed by atoms with Crippen LogP contribution in [0.5, 0.6) is 0 Å². The van der Waals surface area contributed by atoms with Gasteiger partial charge < -0.3 is 10.2 Å². The zero-order valence-corrected chi connectivity index (χ0v) is 13.2. The molecule has 1 N–H and O–H groups in total. The van der Waals surface area contributed by atoms with Crippen LogP contribution in [-0.4, -0.2) is 50.9 Å². The summed E-state index contributed by atoms with van der Waals surface area (Å²) in [5.74, 6) is 0.380. The summed E-state index contributed by atoms with van der Waals surface area (Å²) >= 11 is 0. The van der Waals surface area contributed by atoms with Crippen molar-refractivity contribution in [3.63, 3.8) is 0 Å². The Morgan fingerprint density at radius 2 is 2.14 bits per heavy atom. The Hall–Kier alpha value is -1.69. The predicted molar refractivity (Wildman–Crippen MR) is 83.6 cm³/mol. The number of likely N-dealkylation sites (N-methyl/N-ethyl adjacent to an activating group) is 1. The first-order chi connectivity index (χ1) is 10.1. The molecule has 2 heterocycles. The van der Waals surface area contributed by atoms with E-state index in [1.807, 2.05) is 0 Å². The zero-order valence-electron chi connectivity index (χ0n) is 13.2. The minimum absolute atomic E-state index is 0.380. The summed E-state index contributed by atoms with van der Waals surface area (Å²) in [6.07, 6.45) is 5.38. The fourth-order valence-corrected chi connectivity index (χ4v) is 3.16. The predicted octanol–water partition coefficient (Wildman–Crippen LogP) is 2.14. The van der Waals surface area contributed by atoms with Crippen LogP contribution in [-0.2, 0) is 0 Å². The first-order valence-electron chi connectivity index (χ1n) is 7.70. The van der Waals surface area contributed by atoms with Gasteiger partial charge in [0, 0.05) is 12.1 Å². The molecule has 0 spiro atoms. The van der Waals surface area contributed by atoms with Crippen LogP contribution in [0.4, 0.5) is 5.69 Å². The van der Waals surface area contributed by atoms with Crippen molar-refractivity contribution in [3.05, 3.63) is 18.1 Å². The first kappa shape index (κ1) is 14.3. The van der Waals surface area contributed by atoms with Gasteiger partial charge in [-0.15, -0.1) is 10.2 Å². The fraction of sp³-hybridized carbons (Fsp3) is 0.667. The normalized spacial score (nSPS) is 22.6. The summed E-state index contributed by atoms with van der Waals surface area (Å²) in [5.41, 5.74) is 2.91. The number of nitrogens with one attached hydrogen (secondary N) is 1.